The van der Waals surface area contributed by atoms with Gasteiger partial charge < -0.3 is 10.5 Å². The Bertz CT molecular complexity index is 393. The Balaban J connectivity index is 2.46. The van der Waals surface area contributed by atoms with Gasteiger partial charge >= 0.3 is 0 Å². The number of hydrogen-bond acceptors (Lipinski definition) is 3. The number of nitrogens with one attached hydrogen (secondary N) is 1. The molecule has 4 nitrogen and oxygen atoms in total. The number of amidine groups is 1. The Morgan fingerprint density at radius 2 is 2.26 bits per heavy atom. The summed E-state index contributed by atoms with van der Waals surface area (Å²) in [5.41, 5.74) is 6.92. The molecule has 0 amide bonds. The second-order valence-electron chi connectivity index (χ2n) is 4.86. The highest BCUT2D eigenvalue weighted by atomic mass is 16.5. The van der Waals surface area contributed by atoms with Crippen LogP contribution in [-0.4, -0.2) is 17.4 Å². The maximum atomic E-state index is 7.48. The number of rotatable bonds is 9. The summed E-state index contributed by atoms with van der Waals surface area (Å²) in [6.07, 6.45) is 6.50. The van der Waals surface area contributed by atoms with Gasteiger partial charge in [0.1, 0.15) is 11.5 Å². The van der Waals surface area contributed by atoms with Gasteiger partial charge in [-0.1, -0.05) is 39.2 Å². The van der Waals surface area contributed by atoms with Crippen LogP contribution in [0.15, 0.2) is 18.3 Å². The molecule has 0 aliphatic rings. The van der Waals surface area contributed by atoms with Gasteiger partial charge in [0.25, 0.3) is 0 Å². The van der Waals surface area contributed by atoms with Crippen LogP contribution >= 0.6 is 0 Å². The van der Waals surface area contributed by atoms with Crippen molar-refractivity contribution < 1.29 is 4.74 Å². The minimum absolute atomic E-state index is 0.00257. The third-order valence-electron chi connectivity index (χ3n) is 3.30. The smallest absolute Gasteiger partial charge is 0.142 e. The van der Waals surface area contributed by atoms with E-state index in [4.69, 9.17) is 15.9 Å². The molecule has 0 aromatic carbocycles. The van der Waals surface area contributed by atoms with E-state index in [0.29, 0.717) is 18.2 Å². The van der Waals surface area contributed by atoms with E-state index in [2.05, 4.69) is 18.8 Å². The molecule has 0 aliphatic heterocycles. The number of hydrogen-bond donors (Lipinski definition) is 2. The van der Waals surface area contributed by atoms with Gasteiger partial charge in [-0.3, -0.25) is 10.4 Å². The molecule has 0 fully saturated rings. The maximum Gasteiger partial charge on any atom is 0.142 e. The highest BCUT2D eigenvalue weighted by Crippen LogP contribution is 2.14. The second kappa shape index (κ2) is 8.64. The van der Waals surface area contributed by atoms with Crippen LogP contribution < -0.4 is 5.73 Å². The number of nitrogen functional groups attached to an aromatic ring is 1. The molecule has 0 saturated heterocycles. The average molecular weight is 263 g/mol. The first kappa shape index (κ1) is 15.6. The monoisotopic (exact) mass is 263 g/mol. The molecule has 1 aromatic heterocycles. The lowest BCUT2D eigenvalue weighted by Gasteiger charge is -2.15. The standard InChI is InChI=1S/C15H25N3O/c1-3-5-7-12(4-2)10-19-11-13-8-6-9-18-14(13)15(16)17/h6,8-9,12H,3-5,7,10-11H2,1-2H3,(H3,16,17). The molecule has 4 heteroatoms. The summed E-state index contributed by atoms with van der Waals surface area (Å²) in [6.45, 7) is 5.66. The van der Waals surface area contributed by atoms with Crippen LogP contribution in [-0.2, 0) is 11.3 Å². The molecule has 0 radical (unpaired) electrons. The van der Waals surface area contributed by atoms with Crippen LogP contribution in [0.3, 0.4) is 0 Å². The number of pyridine rings is 1. The SMILES string of the molecule is CCCCC(CC)COCc1cccnc1C(=N)N. The Hall–Kier alpha value is -1.42. The predicted octanol–water partition coefficient (Wildman–Crippen LogP) is 3.10. The van der Waals surface area contributed by atoms with Crippen molar-refractivity contribution in [2.75, 3.05) is 6.61 Å². The highest BCUT2D eigenvalue weighted by Gasteiger charge is 2.09. The molecule has 1 atom stereocenters. The Morgan fingerprint density at radius 1 is 1.47 bits per heavy atom. The molecule has 0 bridgehead atoms. The molecular formula is C15H25N3O. The average Bonchev–Trinajstić information content (AvgIpc) is 2.43. The highest BCUT2D eigenvalue weighted by molar-refractivity contribution is 5.94. The predicted molar refractivity (Wildman–Crippen MR) is 78.2 cm³/mol. The number of unbranched alkanes of at least 4 members (excludes halogenated alkanes) is 1. The van der Waals surface area contributed by atoms with Crippen molar-refractivity contribution in [1.29, 1.82) is 5.41 Å². The lowest BCUT2D eigenvalue weighted by molar-refractivity contribution is 0.0817. The molecule has 19 heavy (non-hydrogen) atoms. The normalized spacial score (nSPS) is 12.3. The summed E-state index contributed by atoms with van der Waals surface area (Å²) in [6, 6.07) is 3.76. The van der Waals surface area contributed by atoms with Crippen LogP contribution in [0.2, 0.25) is 0 Å². The maximum absolute atomic E-state index is 7.48. The van der Waals surface area contributed by atoms with E-state index < -0.39 is 0 Å². The molecule has 0 aliphatic carbocycles. The van der Waals surface area contributed by atoms with Crippen LogP contribution in [0.4, 0.5) is 0 Å². The first-order valence-corrected chi connectivity index (χ1v) is 7.05. The fraction of sp³-hybridized carbons (Fsp3) is 0.600. The molecule has 0 spiro atoms. The van der Waals surface area contributed by atoms with Gasteiger partial charge in [-0.25, -0.2) is 0 Å². The molecule has 1 unspecified atom stereocenters. The van der Waals surface area contributed by atoms with Crippen molar-refractivity contribution in [2.24, 2.45) is 11.7 Å². The first-order valence-electron chi connectivity index (χ1n) is 7.05. The zero-order chi connectivity index (χ0) is 14.1. The zero-order valence-corrected chi connectivity index (χ0v) is 12.0. The first-order chi connectivity index (χ1) is 9.19. The summed E-state index contributed by atoms with van der Waals surface area (Å²) >= 11 is 0. The van der Waals surface area contributed by atoms with E-state index in [1.54, 1.807) is 6.20 Å². The topological polar surface area (TPSA) is 72.0 Å². The van der Waals surface area contributed by atoms with Crippen molar-refractivity contribution >= 4 is 5.84 Å². The van der Waals surface area contributed by atoms with E-state index in [0.717, 1.165) is 18.6 Å². The molecular weight excluding hydrogens is 238 g/mol. The van der Waals surface area contributed by atoms with Crippen molar-refractivity contribution in [1.82, 2.24) is 4.98 Å². The van der Waals surface area contributed by atoms with Crippen LogP contribution in [0.1, 0.15) is 50.8 Å². The van der Waals surface area contributed by atoms with Gasteiger partial charge in [-0.15, -0.1) is 0 Å². The van der Waals surface area contributed by atoms with E-state index in [1.807, 2.05) is 12.1 Å². The van der Waals surface area contributed by atoms with Gasteiger partial charge in [0.15, 0.2) is 0 Å². The van der Waals surface area contributed by atoms with Gasteiger partial charge in [-0.2, -0.15) is 0 Å². The van der Waals surface area contributed by atoms with E-state index >= 15 is 0 Å². The number of aromatic nitrogens is 1. The lowest BCUT2D eigenvalue weighted by atomic mass is 10.0. The quantitative estimate of drug-likeness (QED) is 0.531. The second-order valence-corrected chi connectivity index (χ2v) is 4.86. The van der Waals surface area contributed by atoms with E-state index in [9.17, 15) is 0 Å². The minimum atomic E-state index is -0.00257. The van der Waals surface area contributed by atoms with E-state index in [1.165, 1.54) is 19.3 Å². The zero-order valence-electron chi connectivity index (χ0n) is 12.0. The van der Waals surface area contributed by atoms with Crippen LogP contribution in [0, 0.1) is 11.3 Å². The van der Waals surface area contributed by atoms with Crippen molar-refractivity contribution in [3.05, 3.63) is 29.6 Å². The van der Waals surface area contributed by atoms with Crippen molar-refractivity contribution in [2.45, 2.75) is 46.1 Å². The van der Waals surface area contributed by atoms with Gasteiger partial charge in [0, 0.05) is 18.4 Å². The third-order valence-corrected chi connectivity index (χ3v) is 3.30. The molecule has 0 saturated carbocycles. The number of nitrogens with two attached hydrogens (primary N) is 1. The Labute approximate surface area is 115 Å². The molecule has 3 N–H and O–H groups in total. The van der Waals surface area contributed by atoms with E-state index in [-0.39, 0.29) is 5.84 Å². The molecule has 106 valence electrons. The Kier molecular flexibility index (Phi) is 7.11. The van der Waals surface area contributed by atoms with Gasteiger partial charge in [0.05, 0.1) is 6.61 Å². The minimum Gasteiger partial charge on any atom is -0.382 e. The summed E-state index contributed by atoms with van der Waals surface area (Å²) in [5, 5.41) is 7.48. The number of ether oxygens (including phenoxy) is 1. The van der Waals surface area contributed by atoms with Crippen LogP contribution in [0.5, 0.6) is 0 Å². The largest absolute Gasteiger partial charge is 0.382 e. The third kappa shape index (κ3) is 5.39. The molecule has 1 heterocycles. The van der Waals surface area contributed by atoms with Crippen molar-refractivity contribution in [3.8, 4) is 0 Å². The fourth-order valence-electron chi connectivity index (χ4n) is 2.03. The Morgan fingerprint density at radius 3 is 2.89 bits per heavy atom. The van der Waals surface area contributed by atoms with Crippen molar-refractivity contribution in [3.63, 3.8) is 0 Å². The fourth-order valence-corrected chi connectivity index (χ4v) is 2.03. The summed E-state index contributed by atoms with van der Waals surface area (Å²) in [4.78, 5) is 4.12. The molecule has 1 aromatic rings. The molecule has 1 rings (SSSR count). The van der Waals surface area contributed by atoms with Gasteiger partial charge in [-0.05, 0) is 18.4 Å². The lowest BCUT2D eigenvalue weighted by Crippen LogP contribution is -2.17. The number of nitrogens with zero attached hydrogens (tertiary/aromatic N) is 1. The van der Waals surface area contributed by atoms with Crippen LogP contribution in [0.25, 0.3) is 0 Å². The summed E-state index contributed by atoms with van der Waals surface area (Å²) in [7, 11) is 0. The van der Waals surface area contributed by atoms with Gasteiger partial charge in [0.2, 0.25) is 0 Å². The summed E-state index contributed by atoms with van der Waals surface area (Å²) in [5.74, 6) is 0.620. The summed E-state index contributed by atoms with van der Waals surface area (Å²) < 4.78 is 5.77.